The van der Waals surface area contributed by atoms with E-state index >= 15 is 0 Å². The molecule has 2 bridgehead atoms. The lowest BCUT2D eigenvalue weighted by atomic mass is 10.0. The lowest BCUT2D eigenvalue weighted by Crippen LogP contribution is -2.43. The van der Waals surface area contributed by atoms with Gasteiger partial charge in [0.15, 0.2) is 0 Å². The normalized spacial score (nSPS) is 48.4. The topological polar surface area (TPSA) is 60.8 Å². The second-order valence-corrected chi connectivity index (χ2v) is 3.73. The Labute approximate surface area is 70.8 Å². The molecular weight excluding hydrogens is 158 g/mol. The molecule has 2 fully saturated rings. The molecule has 4 atom stereocenters. The maximum atomic E-state index is 11.1. The second-order valence-electron chi connectivity index (χ2n) is 3.73. The number of carbonyl (C=O) groups is 1. The fourth-order valence-electron chi connectivity index (χ4n) is 2.26. The maximum Gasteiger partial charge on any atom is 0.136 e. The van der Waals surface area contributed by atoms with Gasteiger partial charge in [0.2, 0.25) is 0 Å². The molecule has 0 aliphatic carbocycles. The summed E-state index contributed by atoms with van der Waals surface area (Å²) in [4.78, 5) is 13.0. The molecule has 0 aromatic heterocycles. The average molecular weight is 171 g/mol. The number of piperidine rings is 1. The van der Waals surface area contributed by atoms with E-state index in [1.807, 2.05) is 11.9 Å². The van der Waals surface area contributed by atoms with Crippen molar-refractivity contribution in [2.24, 2.45) is 0 Å². The van der Waals surface area contributed by atoms with Gasteiger partial charge in [-0.25, -0.2) is 0 Å². The van der Waals surface area contributed by atoms with Gasteiger partial charge in [0.25, 0.3) is 0 Å². The van der Waals surface area contributed by atoms with Crippen molar-refractivity contribution in [3.63, 3.8) is 0 Å². The molecular formula is C8H13NO3. The van der Waals surface area contributed by atoms with Crippen LogP contribution in [0.1, 0.15) is 12.8 Å². The molecule has 0 spiro atoms. The number of Topliss-reactive ketones (excluding diaryl/α,β-unsaturated/α-hetero) is 1. The number of rotatable bonds is 0. The number of hydrogen-bond acceptors (Lipinski definition) is 4. The van der Waals surface area contributed by atoms with E-state index in [1.165, 1.54) is 0 Å². The van der Waals surface area contributed by atoms with Crippen LogP contribution in [0.2, 0.25) is 0 Å². The third-order valence-electron chi connectivity index (χ3n) is 3.06. The SMILES string of the molecule is CN1[C@@H]2CC(=O)C[C@H]1[C@H](O)[C@H]2O. The minimum atomic E-state index is -0.744. The van der Waals surface area contributed by atoms with E-state index in [9.17, 15) is 15.0 Å². The molecule has 0 aromatic carbocycles. The summed E-state index contributed by atoms with van der Waals surface area (Å²) in [6, 6.07) is -0.322. The standard InChI is InChI=1S/C8H13NO3/c1-9-5-2-4(10)3-6(9)8(12)7(5)11/h5-8,11-12H,2-3H2,1H3/t5-,6+,7-,8-/m0/s1. The summed E-state index contributed by atoms with van der Waals surface area (Å²) in [5, 5.41) is 19.0. The molecule has 0 unspecified atom stereocenters. The Kier molecular flexibility index (Phi) is 1.71. The first-order chi connectivity index (χ1) is 5.61. The van der Waals surface area contributed by atoms with Crippen LogP contribution in [0.5, 0.6) is 0 Å². The first kappa shape index (κ1) is 8.16. The number of ketones is 1. The summed E-state index contributed by atoms with van der Waals surface area (Å²) >= 11 is 0. The Bertz CT molecular complexity index is 190. The van der Waals surface area contributed by atoms with Gasteiger partial charge in [-0.05, 0) is 7.05 Å². The molecule has 0 aromatic rings. The molecule has 12 heavy (non-hydrogen) atoms. The van der Waals surface area contributed by atoms with E-state index in [1.54, 1.807) is 0 Å². The lowest BCUT2D eigenvalue weighted by Gasteiger charge is -2.29. The fourth-order valence-corrected chi connectivity index (χ4v) is 2.26. The van der Waals surface area contributed by atoms with Crippen LogP contribution in [0.4, 0.5) is 0 Å². The van der Waals surface area contributed by atoms with Crippen molar-refractivity contribution in [2.45, 2.75) is 37.1 Å². The zero-order valence-corrected chi connectivity index (χ0v) is 6.97. The summed E-state index contributed by atoms with van der Waals surface area (Å²) in [5.41, 5.74) is 0. The van der Waals surface area contributed by atoms with Crippen LogP contribution in [-0.2, 0) is 4.79 Å². The van der Waals surface area contributed by atoms with Crippen molar-refractivity contribution in [2.75, 3.05) is 7.05 Å². The molecule has 2 heterocycles. The van der Waals surface area contributed by atoms with E-state index in [0.29, 0.717) is 12.8 Å². The Balaban J connectivity index is 2.26. The predicted molar refractivity (Wildman–Crippen MR) is 41.6 cm³/mol. The Hall–Kier alpha value is -0.450. The van der Waals surface area contributed by atoms with E-state index in [0.717, 1.165) is 0 Å². The van der Waals surface area contributed by atoms with Crippen molar-refractivity contribution in [1.29, 1.82) is 0 Å². The molecule has 0 amide bonds. The van der Waals surface area contributed by atoms with Gasteiger partial charge >= 0.3 is 0 Å². The minimum absolute atomic E-state index is 0.152. The molecule has 2 aliphatic heterocycles. The first-order valence-corrected chi connectivity index (χ1v) is 4.21. The largest absolute Gasteiger partial charge is 0.389 e. The molecule has 4 nitrogen and oxygen atoms in total. The van der Waals surface area contributed by atoms with Crippen molar-refractivity contribution in [3.05, 3.63) is 0 Å². The third kappa shape index (κ3) is 0.920. The second kappa shape index (κ2) is 2.52. The summed E-state index contributed by atoms with van der Waals surface area (Å²) in [5.74, 6) is 0.152. The molecule has 2 N–H and O–H groups in total. The van der Waals surface area contributed by atoms with Crippen LogP contribution < -0.4 is 0 Å². The van der Waals surface area contributed by atoms with Gasteiger partial charge in [-0.15, -0.1) is 0 Å². The van der Waals surface area contributed by atoms with Crippen molar-refractivity contribution in [1.82, 2.24) is 4.90 Å². The zero-order valence-electron chi connectivity index (χ0n) is 6.97. The van der Waals surface area contributed by atoms with Crippen LogP contribution in [0, 0.1) is 0 Å². The Morgan fingerprint density at radius 1 is 1.25 bits per heavy atom. The van der Waals surface area contributed by atoms with Crippen LogP contribution in [0.25, 0.3) is 0 Å². The molecule has 0 radical (unpaired) electrons. The Morgan fingerprint density at radius 2 is 1.67 bits per heavy atom. The van der Waals surface area contributed by atoms with E-state index in [-0.39, 0.29) is 17.9 Å². The monoisotopic (exact) mass is 171 g/mol. The third-order valence-corrected chi connectivity index (χ3v) is 3.06. The summed E-state index contributed by atoms with van der Waals surface area (Å²) in [6.07, 6.45) is -0.728. The number of hydrogen-bond donors (Lipinski definition) is 2. The lowest BCUT2D eigenvalue weighted by molar-refractivity contribution is -0.124. The van der Waals surface area contributed by atoms with Gasteiger partial charge in [0, 0.05) is 24.9 Å². The van der Waals surface area contributed by atoms with Crippen molar-refractivity contribution >= 4 is 5.78 Å². The maximum absolute atomic E-state index is 11.1. The van der Waals surface area contributed by atoms with Crippen LogP contribution in [0.3, 0.4) is 0 Å². The van der Waals surface area contributed by atoms with Crippen molar-refractivity contribution in [3.8, 4) is 0 Å². The Morgan fingerprint density at radius 3 is 2.08 bits per heavy atom. The average Bonchev–Trinajstić information content (AvgIpc) is 2.21. The van der Waals surface area contributed by atoms with E-state index in [2.05, 4.69) is 0 Å². The van der Waals surface area contributed by atoms with E-state index < -0.39 is 12.2 Å². The van der Waals surface area contributed by atoms with Crippen molar-refractivity contribution < 1.29 is 15.0 Å². The molecule has 2 saturated heterocycles. The highest BCUT2D eigenvalue weighted by atomic mass is 16.3. The van der Waals surface area contributed by atoms with Gasteiger partial charge in [0.05, 0.1) is 12.2 Å². The number of likely N-dealkylation sites (N-methyl/N-ethyl adjacent to an activating group) is 1. The van der Waals surface area contributed by atoms with Crippen LogP contribution >= 0.6 is 0 Å². The smallest absolute Gasteiger partial charge is 0.136 e. The fraction of sp³-hybridized carbons (Fsp3) is 0.875. The summed E-state index contributed by atoms with van der Waals surface area (Å²) in [6.45, 7) is 0. The van der Waals surface area contributed by atoms with Gasteiger partial charge in [0.1, 0.15) is 5.78 Å². The van der Waals surface area contributed by atoms with Gasteiger partial charge < -0.3 is 10.2 Å². The quantitative estimate of drug-likeness (QED) is 0.478. The number of carbonyl (C=O) groups excluding carboxylic acids is 1. The zero-order chi connectivity index (χ0) is 8.88. The van der Waals surface area contributed by atoms with Gasteiger partial charge in [-0.3, -0.25) is 9.69 Å². The van der Waals surface area contributed by atoms with Gasteiger partial charge in [-0.2, -0.15) is 0 Å². The minimum Gasteiger partial charge on any atom is -0.389 e. The van der Waals surface area contributed by atoms with Crippen LogP contribution in [-0.4, -0.2) is 52.2 Å². The first-order valence-electron chi connectivity index (χ1n) is 4.21. The van der Waals surface area contributed by atoms with Gasteiger partial charge in [-0.1, -0.05) is 0 Å². The number of nitrogens with zero attached hydrogens (tertiary/aromatic N) is 1. The predicted octanol–water partition coefficient (Wildman–Crippen LogP) is -1.25. The highest BCUT2D eigenvalue weighted by Gasteiger charge is 2.50. The highest BCUT2D eigenvalue weighted by Crippen LogP contribution is 2.32. The molecule has 0 saturated carbocycles. The number of aliphatic hydroxyl groups is 2. The molecule has 2 aliphatic rings. The summed E-state index contributed by atoms with van der Waals surface area (Å²) < 4.78 is 0. The summed E-state index contributed by atoms with van der Waals surface area (Å²) in [7, 11) is 1.85. The highest BCUT2D eigenvalue weighted by molar-refractivity contribution is 5.81. The molecule has 2 rings (SSSR count). The van der Waals surface area contributed by atoms with Crippen LogP contribution in [0.15, 0.2) is 0 Å². The van der Waals surface area contributed by atoms with E-state index in [4.69, 9.17) is 0 Å². The molecule has 68 valence electrons. The number of fused-ring (bicyclic) bond motifs is 2. The molecule has 4 heteroatoms. The number of aliphatic hydroxyl groups excluding tert-OH is 2.